The predicted octanol–water partition coefficient (Wildman–Crippen LogP) is 0.315. The van der Waals surface area contributed by atoms with E-state index in [-0.39, 0.29) is 11.9 Å². The van der Waals surface area contributed by atoms with Crippen LogP contribution in [0.2, 0.25) is 0 Å². The van der Waals surface area contributed by atoms with Gasteiger partial charge >= 0.3 is 0 Å². The van der Waals surface area contributed by atoms with Gasteiger partial charge in [0.2, 0.25) is 5.91 Å². The average Bonchev–Trinajstić information content (AvgIpc) is 2.60. The summed E-state index contributed by atoms with van der Waals surface area (Å²) in [5, 5.41) is 12.1. The molecule has 0 aromatic rings. The Morgan fingerprint density at radius 2 is 2.29 bits per heavy atom. The molecule has 0 saturated carbocycles. The molecule has 1 rings (SSSR count). The van der Waals surface area contributed by atoms with Crippen molar-refractivity contribution in [2.45, 2.75) is 44.9 Å². The third-order valence-corrected chi connectivity index (χ3v) is 2.64. The first-order valence-corrected chi connectivity index (χ1v) is 5.34. The van der Waals surface area contributed by atoms with Crippen LogP contribution in [0.5, 0.6) is 0 Å². The first-order chi connectivity index (χ1) is 6.65. The van der Waals surface area contributed by atoms with Gasteiger partial charge in [-0.25, -0.2) is 0 Å². The molecule has 1 aliphatic heterocycles. The largest absolute Gasteiger partial charge is 0.379 e. The minimum absolute atomic E-state index is 0.106. The Morgan fingerprint density at radius 1 is 1.57 bits per heavy atom. The van der Waals surface area contributed by atoms with Crippen molar-refractivity contribution in [3.05, 3.63) is 0 Å². The highest BCUT2D eigenvalue weighted by molar-refractivity contribution is 5.81. The summed E-state index contributed by atoms with van der Waals surface area (Å²) in [6, 6.07) is -0.174. The molecule has 2 N–H and O–H groups in total. The molecule has 4 heteroatoms. The molecule has 0 aromatic carbocycles. The number of amides is 1. The summed E-state index contributed by atoms with van der Waals surface area (Å²) < 4.78 is 0. The zero-order valence-electron chi connectivity index (χ0n) is 8.99. The monoisotopic (exact) mass is 200 g/mol. The smallest absolute Gasteiger partial charge is 0.239 e. The van der Waals surface area contributed by atoms with E-state index in [2.05, 4.69) is 12.2 Å². The highest BCUT2D eigenvalue weighted by atomic mass is 16.3. The Balaban J connectivity index is 2.32. The third-order valence-electron chi connectivity index (χ3n) is 2.64. The molecule has 1 unspecified atom stereocenters. The molecule has 14 heavy (non-hydrogen) atoms. The molecule has 2 atom stereocenters. The van der Waals surface area contributed by atoms with Gasteiger partial charge in [0.15, 0.2) is 0 Å². The van der Waals surface area contributed by atoms with Gasteiger partial charge in [0.1, 0.15) is 6.23 Å². The standard InChI is InChI=1S/C10H20N2O2/c1-3-4-7-12(2)10(14)8-5-6-9(13)11-8/h8-9,11,13H,3-7H2,1-2H3/t8-,9?/m0/s1. The zero-order chi connectivity index (χ0) is 10.6. The van der Waals surface area contributed by atoms with Crippen molar-refractivity contribution in [3.8, 4) is 0 Å². The van der Waals surface area contributed by atoms with Crippen molar-refractivity contribution in [1.82, 2.24) is 10.2 Å². The van der Waals surface area contributed by atoms with Gasteiger partial charge < -0.3 is 10.0 Å². The van der Waals surface area contributed by atoms with E-state index in [1.165, 1.54) is 0 Å². The second-order valence-electron chi connectivity index (χ2n) is 3.93. The van der Waals surface area contributed by atoms with Crippen LogP contribution in [0.1, 0.15) is 32.6 Å². The van der Waals surface area contributed by atoms with E-state index in [4.69, 9.17) is 0 Å². The van der Waals surface area contributed by atoms with Gasteiger partial charge in [0.05, 0.1) is 6.04 Å². The maximum atomic E-state index is 11.7. The molecular formula is C10H20N2O2. The van der Waals surface area contributed by atoms with Crippen LogP contribution >= 0.6 is 0 Å². The average molecular weight is 200 g/mol. The molecule has 1 fully saturated rings. The normalized spacial score (nSPS) is 26.5. The second-order valence-corrected chi connectivity index (χ2v) is 3.93. The summed E-state index contributed by atoms with van der Waals surface area (Å²) in [6.07, 6.45) is 3.06. The lowest BCUT2D eigenvalue weighted by atomic mass is 10.2. The Labute approximate surface area is 85.3 Å². The summed E-state index contributed by atoms with van der Waals surface area (Å²) in [5.74, 6) is 0.106. The fourth-order valence-electron chi connectivity index (χ4n) is 1.69. The Kier molecular flexibility index (Phi) is 4.35. The van der Waals surface area contributed by atoms with E-state index in [0.29, 0.717) is 6.42 Å². The van der Waals surface area contributed by atoms with Crippen molar-refractivity contribution < 1.29 is 9.90 Å². The highest BCUT2D eigenvalue weighted by Gasteiger charge is 2.29. The zero-order valence-corrected chi connectivity index (χ0v) is 8.99. The van der Waals surface area contributed by atoms with E-state index in [9.17, 15) is 9.90 Å². The summed E-state index contributed by atoms with van der Waals surface area (Å²) in [5.41, 5.74) is 0. The number of hydrogen-bond donors (Lipinski definition) is 2. The van der Waals surface area contributed by atoms with Crippen LogP contribution in [-0.2, 0) is 4.79 Å². The van der Waals surface area contributed by atoms with Crippen LogP contribution in [0.3, 0.4) is 0 Å². The first kappa shape index (κ1) is 11.5. The SMILES string of the molecule is CCCCN(C)C(=O)[C@@H]1CCC(O)N1. The Hall–Kier alpha value is -0.610. The van der Waals surface area contributed by atoms with Crippen LogP contribution in [-0.4, -0.2) is 41.8 Å². The first-order valence-electron chi connectivity index (χ1n) is 5.34. The summed E-state index contributed by atoms with van der Waals surface area (Å²) in [7, 11) is 1.82. The number of carbonyl (C=O) groups is 1. The van der Waals surface area contributed by atoms with Gasteiger partial charge in [0.25, 0.3) is 0 Å². The van der Waals surface area contributed by atoms with Gasteiger partial charge in [-0.15, -0.1) is 0 Å². The van der Waals surface area contributed by atoms with E-state index >= 15 is 0 Å². The van der Waals surface area contributed by atoms with Crippen LogP contribution < -0.4 is 5.32 Å². The molecule has 1 amide bonds. The fraction of sp³-hybridized carbons (Fsp3) is 0.900. The van der Waals surface area contributed by atoms with Crippen molar-refractivity contribution in [1.29, 1.82) is 0 Å². The van der Waals surface area contributed by atoms with Crippen LogP contribution in [0.25, 0.3) is 0 Å². The van der Waals surface area contributed by atoms with Crippen LogP contribution in [0.4, 0.5) is 0 Å². The number of hydrogen-bond acceptors (Lipinski definition) is 3. The number of aliphatic hydroxyl groups excluding tert-OH is 1. The molecule has 1 heterocycles. The van der Waals surface area contributed by atoms with Crippen molar-refractivity contribution in [2.75, 3.05) is 13.6 Å². The molecule has 1 saturated heterocycles. The van der Waals surface area contributed by atoms with Gasteiger partial charge in [-0.2, -0.15) is 0 Å². The number of carbonyl (C=O) groups excluding carboxylic acids is 1. The topological polar surface area (TPSA) is 52.6 Å². The molecular weight excluding hydrogens is 180 g/mol. The van der Waals surface area contributed by atoms with Crippen molar-refractivity contribution in [2.24, 2.45) is 0 Å². The molecule has 82 valence electrons. The Bertz CT molecular complexity index is 197. The van der Waals surface area contributed by atoms with Gasteiger partial charge in [-0.05, 0) is 19.3 Å². The number of nitrogens with zero attached hydrogens (tertiary/aromatic N) is 1. The van der Waals surface area contributed by atoms with Crippen LogP contribution in [0, 0.1) is 0 Å². The minimum atomic E-state index is -0.497. The fourth-order valence-corrected chi connectivity index (χ4v) is 1.69. The maximum Gasteiger partial charge on any atom is 0.239 e. The van der Waals surface area contributed by atoms with Gasteiger partial charge in [-0.3, -0.25) is 10.1 Å². The second kappa shape index (κ2) is 5.32. The van der Waals surface area contributed by atoms with E-state index in [0.717, 1.165) is 25.8 Å². The highest BCUT2D eigenvalue weighted by Crippen LogP contribution is 2.12. The van der Waals surface area contributed by atoms with Gasteiger partial charge in [0, 0.05) is 13.6 Å². The number of unbranched alkanes of at least 4 members (excludes halogenated alkanes) is 1. The Morgan fingerprint density at radius 3 is 2.79 bits per heavy atom. The lowest BCUT2D eigenvalue weighted by molar-refractivity contribution is -0.132. The summed E-state index contributed by atoms with van der Waals surface area (Å²) in [4.78, 5) is 13.5. The van der Waals surface area contributed by atoms with Crippen molar-refractivity contribution >= 4 is 5.91 Å². The molecule has 0 aromatic heterocycles. The lowest BCUT2D eigenvalue weighted by Gasteiger charge is -2.21. The summed E-state index contributed by atoms with van der Waals surface area (Å²) >= 11 is 0. The lowest BCUT2D eigenvalue weighted by Crippen LogP contribution is -2.43. The number of aliphatic hydroxyl groups is 1. The van der Waals surface area contributed by atoms with Crippen molar-refractivity contribution in [3.63, 3.8) is 0 Å². The molecule has 4 nitrogen and oxygen atoms in total. The minimum Gasteiger partial charge on any atom is -0.379 e. The van der Waals surface area contributed by atoms with Gasteiger partial charge in [-0.1, -0.05) is 13.3 Å². The molecule has 0 spiro atoms. The third kappa shape index (κ3) is 2.96. The molecule has 0 bridgehead atoms. The van der Waals surface area contributed by atoms with E-state index in [1.54, 1.807) is 4.90 Å². The molecule has 0 radical (unpaired) electrons. The quantitative estimate of drug-likeness (QED) is 0.687. The number of nitrogens with one attached hydrogen (secondary N) is 1. The predicted molar refractivity (Wildman–Crippen MR) is 54.7 cm³/mol. The number of likely N-dealkylation sites (N-methyl/N-ethyl adjacent to an activating group) is 1. The summed E-state index contributed by atoms with van der Waals surface area (Å²) in [6.45, 7) is 2.92. The molecule has 0 aliphatic carbocycles. The maximum absolute atomic E-state index is 11.7. The molecule has 1 aliphatic rings. The van der Waals surface area contributed by atoms with E-state index in [1.807, 2.05) is 7.05 Å². The van der Waals surface area contributed by atoms with E-state index < -0.39 is 6.23 Å². The van der Waals surface area contributed by atoms with Crippen LogP contribution in [0.15, 0.2) is 0 Å². The number of rotatable bonds is 4.